The number of aliphatic carboxylic acids is 1. The highest BCUT2D eigenvalue weighted by atomic mass is 16.5. The SMILES string of the molecule is COc1ccc2c(c1)C(C(C)C(=O)O)C(c1ccccc1)N2C(C)=O. The lowest BCUT2D eigenvalue weighted by atomic mass is 9.81. The lowest BCUT2D eigenvalue weighted by Crippen LogP contribution is -2.34. The number of hydrogen-bond donors (Lipinski definition) is 1. The third-order valence-corrected chi connectivity index (χ3v) is 4.88. The predicted molar refractivity (Wildman–Crippen MR) is 94.9 cm³/mol. The van der Waals surface area contributed by atoms with Crippen molar-refractivity contribution >= 4 is 17.6 Å². The molecule has 0 aromatic heterocycles. The summed E-state index contributed by atoms with van der Waals surface area (Å²) in [5.74, 6) is -1.35. The Kier molecular flexibility index (Phi) is 4.49. The second-order valence-electron chi connectivity index (χ2n) is 6.32. The van der Waals surface area contributed by atoms with Crippen LogP contribution in [0.5, 0.6) is 5.75 Å². The van der Waals surface area contributed by atoms with E-state index in [0.717, 1.165) is 16.8 Å². The van der Waals surface area contributed by atoms with Crippen LogP contribution in [0, 0.1) is 5.92 Å². The highest BCUT2D eigenvalue weighted by Crippen LogP contribution is 2.53. The highest BCUT2D eigenvalue weighted by Gasteiger charge is 2.45. The molecule has 25 heavy (non-hydrogen) atoms. The lowest BCUT2D eigenvalue weighted by Gasteiger charge is -2.30. The molecule has 5 nitrogen and oxygen atoms in total. The molecule has 3 atom stereocenters. The molecule has 5 heteroatoms. The van der Waals surface area contributed by atoms with Crippen molar-refractivity contribution in [3.05, 3.63) is 59.7 Å². The topological polar surface area (TPSA) is 66.8 Å². The molecule has 0 aliphatic carbocycles. The molecule has 1 aliphatic heterocycles. The molecule has 130 valence electrons. The van der Waals surface area contributed by atoms with Crippen LogP contribution in [0.15, 0.2) is 48.5 Å². The number of carbonyl (C=O) groups is 2. The first-order chi connectivity index (χ1) is 12.0. The van der Waals surface area contributed by atoms with E-state index in [4.69, 9.17) is 4.74 Å². The fraction of sp³-hybridized carbons (Fsp3) is 0.300. The minimum atomic E-state index is -0.884. The molecule has 0 saturated heterocycles. The second-order valence-corrected chi connectivity index (χ2v) is 6.32. The standard InChI is InChI=1S/C20H21NO4/c1-12(20(23)24)18-16-11-15(25-3)9-10-17(16)21(13(2)22)19(18)14-7-5-4-6-8-14/h4-12,18-19H,1-3H3,(H,23,24). The van der Waals surface area contributed by atoms with Crippen LogP contribution in [-0.2, 0) is 9.59 Å². The summed E-state index contributed by atoms with van der Waals surface area (Å²) < 4.78 is 5.31. The van der Waals surface area contributed by atoms with Crippen molar-refractivity contribution in [2.75, 3.05) is 12.0 Å². The van der Waals surface area contributed by atoms with Crippen LogP contribution < -0.4 is 9.64 Å². The van der Waals surface area contributed by atoms with Gasteiger partial charge in [0.1, 0.15) is 5.75 Å². The maximum atomic E-state index is 12.4. The van der Waals surface area contributed by atoms with Crippen molar-refractivity contribution in [1.82, 2.24) is 0 Å². The molecular formula is C20H21NO4. The van der Waals surface area contributed by atoms with E-state index in [1.54, 1.807) is 25.0 Å². The van der Waals surface area contributed by atoms with Gasteiger partial charge in [-0.15, -0.1) is 0 Å². The van der Waals surface area contributed by atoms with Crippen molar-refractivity contribution in [2.24, 2.45) is 5.92 Å². The number of fused-ring (bicyclic) bond motifs is 1. The third kappa shape index (κ3) is 2.86. The molecular weight excluding hydrogens is 318 g/mol. The Balaban J connectivity index is 2.23. The molecule has 1 N–H and O–H groups in total. The summed E-state index contributed by atoms with van der Waals surface area (Å²) in [4.78, 5) is 25.9. The first-order valence-corrected chi connectivity index (χ1v) is 8.21. The quantitative estimate of drug-likeness (QED) is 0.924. The number of carboxylic acid groups (broad SMARTS) is 1. The number of hydrogen-bond acceptors (Lipinski definition) is 3. The van der Waals surface area contributed by atoms with Crippen LogP contribution in [0.25, 0.3) is 0 Å². The summed E-state index contributed by atoms with van der Waals surface area (Å²) in [6.45, 7) is 3.20. The van der Waals surface area contributed by atoms with Gasteiger partial charge >= 0.3 is 5.97 Å². The fourth-order valence-corrected chi connectivity index (χ4v) is 3.69. The largest absolute Gasteiger partial charge is 0.497 e. The molecule has 1 aliphatic rings. The monoisotopic (exact) mass is 339 g/mol. The van der Waals surface area contributed by atoms with Gasteiger partial charge in [0.05, 0.1) is 19.1 Å². The second kappa shape index (κ2) is 6.59. The summed E-state index contributed by atoms with van der Waals surface area (Å²) in [7, 11) is 1.57. The number of amides is 1. The van der Waals surface area contributed by atoms with E-state index in [1.807, 2.05) is 42.5 Å². The minimum absolute atomic E-state index is 0.111. The summed E-state index contributed by atoms with van der Waals surface area (Å²) >= 11 is 0. The third-order valence-electron chi connectivity index (χ3n) is 4.88. The van der Waals surface area contributed by atoms with Gasteiger partial charge in [0.25, 0.3) is 0 Å². The number of benzene rings is 2. The molecule has 3 unspecified atom stereocenters. The van der Waals surface area contributed by atoms with Gasteiger partial charge in [-0.2, -0.15) is 0 Å². The normalized spacial score (nSPS) is 20.0. The van der Waals surface area contributed by atoms with Gasteiger partial charge in [-0.25, -0.2) is 0 Å². The number of ether oxygens (including phenoxy) is 1. The Morgan fingerprint density at radius 3 is 2.40 bits per heavy atom. The Morgan fingerprint density at radius 1 is 1.16 bits per heavy atom. The zero-order valence-electron chi connectivity index (χ0n) is 14.5. The Hall–Kier alpha value is -2.82. The average Bonchev–Trinajstić information content (AvgIpc) is 2.95. The number of carbonyl (C=O) groups excluding carboxylic acids is 1. The molecule has 2 aromatic rings. The van der Waals surface area contributed by atoms with Crippen molar-refractivity contribution in [1.29, 1.82) is 0 Å². The van der Waals surface area contributed by atoms with E-state index in [1.165, 1.54) is 6.92 Å². The summed E-state index contributed by atoms with van der Waals surface area (Å²) in [5.41, 5.74) is 2.50. The summed E-state index contributed by atoms with van der Waals surface area (Å²) in [6.07, 6.45) is 0. The van der Waals surface area contributed by atoms with Gasteiger partial charge < -0.3 is 14.7 Å². The molecule has 1 amide bonds. The first-order valence-electron chi connectivity index (χ1n) is 8.21. The van der Waals surface area contributed by atoms with Crippen LogP contribution >= 0.6 is 0 Å². The molecule has 0 saturated carbocycles. The van der Waals surface area contributed by atoms with Crippen LogP contribution in [0.2, 0.25) is 0 Å². The van der Waals surface area contributed by atoms with Crippen LogP contribution in [0.4, 0.5) is 5.69 Å². The van der Waals surface area contributed by atoms with E-state index < -0.39 is 11.9 Å². The Bertz CT molecular complexity index is 803. The lowest BCUT2D eigenvalue weighted by molar-refractivity contribution is -0.142. The average molecular weight is 339 g/mol. The molecule has 0 bridgehead atoms. The minimum Gasteiger partial charge on any atom is -0.497 e. The van der Waals surface area contributed by atoms with Crippen LogP contribution in [-0.4, -0.2) is 24.1 Å². The maximum Gasteiger partial charge on any atom is 0.306 e. The van der Waals surface area contributed by atoms with E-state index in [0.29, 0.717) is 5.75 Å². The zero-order chi connectivity index (χ0) is 18.1. The van der Waals surface area contributed by atoms with E-state index in [2.05, 4.69) is 0 Å². The van der Waals surface area contributed by atoms with E-state index in [-0.39, 0.29) is 17.9 Å². The fourth-order valence-electron chi connectivity index (χ4n) is 3.69. The van der Waals surface area contributed by atoms with Gasteiger partial charge in [-0.05, 0) is 29.3 Å². The predicted octanol–water partition coefficient (Wildman–Crippen LogP) is 3.61. The number of nitrogens with zero attached hydrogens (tertiary/aromatic N) is 1. The van der Waals surface area contributed by atoms with Gasteiger partial charge in [0.2, 0.25) is 5.91 Å². The van der Waals surface area contributed by atoms with Gasteiger partial charge in [-0.1, -0.05) is 37.3 Å². The molecule has 0 fully saturated rings. The molecule has 0 radical (unpaired) electrons. The Labute approximate surface area is 146 Å². The molecule has 2 aromatic carbocycles. The van der Waals surface area contributed by atoms with E-state index in [9.17, 15) is 14.7 Å². The van der Waals surface area contributed by atoms with Crippen LogP contribution in [0.1, 0.15) is 36.9 Å². The maximum absolute atomic E-state index is 12.4. The summed E-state index contributed by atoms with van der Waals surface area (Å²) in [5, 5.41) is 9.65. The van der Waals surface area contributed by atoms with Crippen molar-refractivity contribution in [2.45, 2.75) is 25.8 Å². The first kappa shape index (κ1) is 17.0. The van der Waals surface area contributed by atoms with Crippen molar-refractivity contribution < 1.29 is 19.4 Å². The van der Waals surface area contributed by atoms with Crippen LogP contribution in [0.3, 0.4) is 0 Å². The van der Waals surface area contributed by atoms with Crippen molar-refractivity contribution in [3.8, 4) is 5.75 Å². The van der Waals surface area contributed by atoms with E-state index >= 15 is 0 Å². The molecule has 0 spiro atoms. The number of rotatable bonds is 4. The smallest absolute Gasteiger partial charge is 0.306 e. The summed E-state index contributed by atoms with van der Waals surface area (Å²) in [6, 6.07) is 14.7. The van der Waals surface area contributed by atoms with Gasteiger partial charge in [-0.3, -0.25) is 9.59 Å². The van der Waals surface area contributed by atoms with Gasteiger partial charge in [0.15, 0.2) is 0 Å². The Morgan fingerprint density at radius 2 is 1.84 bits per heavy atom. The highest BCUT2D eigenvalue weighted by molar-refractivity contribution is 5.96. The number of methoxy groups -OCH3 is 1. The van der Waals surface area contributed by atoms with Gasteiger partial charge in [0, 0.05) is 18.5 Å². The molecule has 3 rings (SSSR count). The molecule has 1 heterocycles. The number of carboxylic acids is 1. The number of anilines is 1. The van der Waals surface area contributed by atoms with Crippen molar-refractivity contribution in [3.63, 3.8) is 0 Å². The zero-order valence-corrected chi connectivity index (χ0v) is 14.5.